The van der Waals surface area contributed by atoms with Crippen LogP contribution in [0, 0.1) is 11.8 Å². The summed E-state index contributed by atoms with van der Waals surface area (Å²) >= 11 is 0. The fourth-order valence-corrected chi connectivity index (χ4v) is 2.93. The Morgan fingerprint density at radius 3 is 2.45 bits per heavy atom. The van der Waals surface area contributed by atoms with Crippen LogP contribution < -0.4 is 10.6 Å². The number of nitrogens with zero attached hydrogens (tertiary/aromatic N) is 2. The molecule has 0 aromatic heterocycles. The van der Waals surface area contributed by atoms with E-state index in [1.807, 2.05) is 0 Å². The van der Waals surface area contributed by atoms with Crippen LogP contribution in [-0.2, 0) is 0 Å². The van der Waals surface area contributed by atoms with E-state index < -0.39 is 0 Å². The minimum absolute atomic E-state index is 0.258. The Balaban J connectivity index is 2.49. The first-order chi connectivity index (χ1) is 10.6. The quantitative estimate of drug-likeness (QED) is 0.401. The third-order valence-electron chi connectivity index (χ3n) is 4.39. The number of hydrogen-bond donors (Lipinski definition) is 3. The molecule has 1 aliphatic carbocycles. The van der Waals surface area contributed by atoms with Gasteiger partial charge in [0.05, 0.1) is 0 Å². The molecule has 22 heavy (non-hydrogen) atoms. The number of aliphatic hydroxyl groups excluding tert-OH is 1. The normalized spacial score (nSPS) is 18.4. The van der Waals surface area contributed by atoms with E-state index >= 15 is 0 Å². The molecule has 2 unspecified atom stereocenters. The van der Waals surface area contributed by atoms with E-state index in [0.717, 1.165) is 50.8 Å². The first-order valence-electron chi connectivity index (χ1n) is 8.91. The van der Waals surface area contributed by atoms with Crippen LogP contribution in [0.3, 0.4) is 0 Å². The molecule has 0 heterocycles. The smallest absolute Gasteiger partial charge is 0.191 e. The maximum Gasteiger partial charge on any atom is 0.191 e. The number of nitrogens with one attached hydrogen (secondary N) is 2. The molecule has 5 nitrogen and oxygen atoms in total. The molecule has 0 radical (unpaired) electrons. The highest BCUT2D eigenvalue weighted by Crippen LogP contribution is 2.34. The lowest BCUT2D eigenvalue weighted by molar-refractivity contribution is 0.253. The number of likely N-dealkylation sites (N-methyl/N-ethyl adjacent to an activating group) is 1. The molecule has 2 atom stereocenters. The highest BCUT2D eigenvalue weighted by molar-refractivity contribution is 5.79. The summed E-state index contributed by atoms with van der Waals surface area (Å²) in [6.07, 6.45) is 5.83. The van der Waals surface area contributed by atoms with Crippen LogP contribution in [0.25, 0.3) is 0 Å². The topological polar surface area (TPSA) is 59.9 Å². The van der Waals surface area contributed by atoms with Crippen molar-refractivity contribution in [3.05, 3.63) is 0 Å². The Labute approximate surface area is 136 Å². The summed E-state index contributed by atoms with van der Waals surface area (Å²) in [4.78, 5) is 7.05. The molecule has 1 fully saturated rings. The summed E-state index contributed by atoms with van der Waals surface area (Å²) < 4.78 is 0. The van der Waals surface area contributed by atoms with Crippen molar-refractivity contribution in [2.45, 2.75) is 52.0 Å². The van der Waals surface area contributed by atoms with Gasteiger partial charge in [-0.05, 0) is 58.5 Å². The zero-order chi connectivity index (χ0) is 16.4. The molecule has 1 aliphatic rings. The first kappa shape index (κ1) is 19.2. The molecule has 0 bridgehead atoms. The number of aliphatic hydroxyl groups is 1. The molecule has 0 aliphatic heterocycles. The van der Waals surface area contributed by atoms with Crippen molar-refractivity contribution in [2.24, 2.45) is 16.8 Å². The largest absolute Gasteiger partial charge is 0.396 e. The monoisotopic (exact) mass is 312 g/mol. The first-order valence-corrected chi connectivity index (χ1v) is 8.91. The highest BCUT2D eigenvalue weighted by Gasteiger charge is 2.32. The van der Waals surface area contributed by atoms with Crippen molar-refractivity contribution in [1.29, 1.82) is 0 Å². The molecule has 130 valence electrons. The van der Waals surface area contributed by atoms with Gasteiger partial charge in [0, 0.05) is 32.3 Å². The maximum absolute atomic E-state index is 9.15. The van der Waals surface area contributed by atoms with E-state index in [1.165, 1.54) is 12.8 Å². The molecule has 3 N–H and O–H groups in total. The van der Waals surface area contributed by atoms with Gasteiger partial charge in [0.1, 0.15) is 0 Å². The van der Waals surface area contributed by atoms with Crippen LogP contribution in [0.5, 0.6) is 0 Å². The van der Waals surface area contributed by atoms with Crippen molar-refractivity contribution in [1.82, 2.24) is 15.5 Å². The average molecular weight is 313 g/mol. The van der Waals surface area contributed by atoms with Gasteiger partial charge in [-0.15, -0.1) is 0 Å². The second-order valence-corrected chi connectivity index (χ2v) is 6.64. The summed E-state index contributed by atoms with van der Waals surface area (Å²) in [5.41, 5.74) is 0. The van der Waals surface area contributed by atoms with Gasteiger partial charge in [-0.2, -0.15) is 0 Å². The molecule has 1 rings (SSSR count). The molecule has 0 amide bonds. The number of aliphatic imine (C=N–C) groups is 1. The van der Waals surface area contributed by atoms with Crippen molar-refractivity contribution < 1.29 is 5.11 Å². The predicted molar refractivity (Wildman–Crippen MR) is 94.3 cm³/mol. The van der Waals surface area contributed by atoms with Gasteiger partial charge >= 0.3 is 0 Å². The van der Waals surface area contributed by atoms with E-state index in [1.54, 1.807) is 0 Å². The van der Waals surface area contributed by atoms with Crippen LogP contribution in [0.2, 0.25) is 0 Å². The lowest BCUT2D eigenvalue weighted by Crippen LogP contribution is -2.46. The van der Waals surface area contributed by atoms with Crippen molar-refractivity contribution >= 4 is 5.96 Å². The van der Waals surface area contributed by atoms with E-state index in [0.29, 0.717) is 12.0 Å². The molecule has 1 saturated carbocycles. The minimum Gasteiger partial charge on any atom is -0.396 e. The second kappa shape index (κ2) is 10.8. The Bertz CT molecular complexity index is 308. The van der Waals surface area contributed by atoms with Gasteiger partial charge in [0.15, 0.2) is 5.96 Å². The Kier molecular flexibility index (Phi) is 9.48. The zero-order valence-corrected chi connectivity index (χ0v) is 14.9. The van der Waals surface area contributed by atoms with Gasteiger partial charge in [0.2, 0.25) is 0 Å². The van der Waals surface area contributed by atoms with Crippen molar-refractivity contribution in [2.75, 3.05) is 40.3 Å². The Morgan fingerprint density at radius 1 is 1.23 bits per heavy atom. The predicted octanol–water partition coefficient (Wildman–Crippen LogP) is 1.68. The zero-order valence-electron chi connectivity index (χ0n) is 14.9. The van der Waals surface area contributed by atoms with Crippen molar-refractivity contribution in [3.8, 4) is 0 Å². The molecule has 0 aromatic rings. The van der Waals surface area contributed by atoms with Gasteiger partial charge in [0.25, 0.3) is 0 Å². The fourth-order valence-electron chi connectivity index (χ4n) is 2.93. The molecule has 5 heteroatoms. The molecular formula is C17H36N4O. The molecule has 0 saturated heterocycles. The Morgan fingerprint density at radius 2 is 1.95 bits per heavy atom. The van der Waals surface area contributed by atoms with E-state index in [4.69, 9.17) is 10.1 Å². The van der Waals surface area contributed by atoms with Crippen molar-refractivity contribution in [3.63, 3.8) is 0 Å². The standard InChI is InChI=1S/C17H36N4O/c1-5-7-14(10-11-22)12-19-17(18-6-2)20-13-16(21(3)4)15-8-9-15/h14-16,22H,5-13H2,1-4H3,(H2,18,19,20). The van der Waals surface area contributed by atoms with Gasteiger partial charge in [-0.3, -0.25) is 4.99 Å². The summed E-state index contributed by atoms with van der Waals surface area (Å²) in [5.74, 6) is 2.24. The summed E-state index contributed by atoms with van der Waals surface area (Å²) in [7, 11) is 4.32. The SMILES string of the molecule is CCCC(CCO)CN=C(NCC)NCC(C1CC1)N(C)C. The number of guanidine groups is 1. The fraction of sp³-hybridized carbons (Fsp3) is 0.941. The lowest BCUT2D eigenvalue weighted by Gasteiger charge is -2.25. The summed E-state index contributed by atoms with van der Waals surface area (Å²) in [6.45, 7) is 7.16. The van der Waals surface area contributed by atoms with Crippen LogP contribution in [0.15, 0.2) is 4.99 Å². The molecule has 0 aromatic carbocycles. The average Bonchev–Trinajstić information content (AvgIpc) is 3.29. The third-order valence-corrected chi connectivity index (χ3v) is 4.39. The highest BCUT2D eigenvalue weighted by atomic mass is 16.3. The van der Waals surface area contributed by atoms with E-state index in [2.05, 4.69) is 43.5 Å². The number of hydrogen-bond acceptors (Lipinski definition) is 3. The summed E-state index contributed by atoms with van der Waals surface area (Å²) in [6, 6.07) is 0.590. The molecule has 0 spiro atoms. The lowest BCUT2D eigenvalue weighted by atomic mass is 10.0. The van der Waals surface area contributed by atoms with Gasteiger partial charge < -0.3 is 20.6 Å². The van der Waals surface area contributed by atoms with Crippen LogP contribution in [0.1, 0.15) is 46.0 Å². The van der Waals surface area contributed by atoms with Gasteiger partial charge in [-0.1, -0.05) is 13.3 Å². The van der Waals surface area contributed by atoms with Crippen LogP contribution in [0.4, 0.5) is 0 Å². The Hall–Kier alpha value is -0.810. The van der Waals surface area contributed by atoms with E-state index in [9.17, 15) is 0 Å². The van der Waals surface area contributed by atoms with Crippen LogP contribution >= 0.6 is 0 Å². The minimum atomic E-state index is 0.258. The third kappa shape index (κ3) is 7.45. The molecular weight excluding hydrogens is 276 g/mol. The van der Waals surface area contributed by atoms with Gasteiger partial charge in [-0.25, -0.2) is 0 Å². The van der Waals surface area contributed by atoms with Crippen LogP contribution in [-0.4, -0.2) is 62.3 Å². The number of rotatable bonds is 11. The second-order valence-electron chi connectivity index (χ2n) is 6.64. The maximum atomic E-state index is 9.15. The van der Waals surface area contributed by atoms with E-state index in [-0.39, 0.29) is 6.61 Å². The summed E-state index contributed by atoms with van der Waals surface area (Å²) in [5, 5.41) is 16.0.